The Kier molecular flexibility index (Phi) is 5.22. The van der Waals surface area contributed by atoms with E-state index in [1.165, 1.54) is 6.92 Å². The van der Waals surface area contributed by atoms with Crippen LogP contribution in [0.4, 0.5) is 0 Å². The summed E-state index contributed by atoms with van der Waals surface area (Å²) in [5.74, 6) is -2.08. The third kappa shape index (κ3) is 3.01. The molecule has 1 aromatic carbocycles. The van der Waals surface area contributed by atoms with Crippen LogP contribution < -0.4 is 0 Å². The SMILES string of the molecule is C=C1CC[C@H]2[C@@](C)(CCC[C@]2(C)C(=O)O)[C@@H]1Cc1c(C)ccc2c1C(=O)C(=O)C(C)=C2O. The predicted molar refractivity (Wildman–Crippen MR) is 122 cm³/mol. The topological polar surface area (TPSA) is 91.7 Å². The van der Waals surface area contributed by atoms with Crippen molar-refractivity contribution < 1.29 is 24.6 Å². The number of aliphatic hydroxyl groups is 1. The average molecular weight is 437 g/mol. The van der Waals surface area contributed by atoms with Crippen molar-refractivity contribution in [3.63, 3.8) is 0 Å². The molecular formula is C27H32O5. The first kappa shape index (κ1) is 22.5. The van der Waals surface area contributed by atoms with Gasteiger partial charge in [-0.05, 0) is 81.3 Å². The molecule has 0 radical (unpaired) electrons. The molecule has 4 rings (SSSR count). The summed E-state index contributed by atoms with van der Waals surface area (Å²) in [6.45, 7) is 11.8. The van der Waals surface area contributed by atoms with Crippen LogP contribution in [0.2, 0.25) is 0 Å². The number of aliphatic hydroxyl groups excluding tert-OH is 1. The Hall–Kier alpha value is -2.69. The number of aliphatic carboxylic acids is 1. The van der Waals surface area contributed by atoms with Gasteiger partial charge in [0.1, 0.15) is 5.76 Å². The molecule has 2 N–H and O–H groups in total. The lowest BCUT2D eigenvalue weighted by Crippen LogP contribution is -2.53. The first-order chi connectivity index (χ1) is 14.9. The summed E-state index contributed by atoms with van der Waals surface area (Å²) in [6.07, 6.45) is 4.51. The molecule has 2 fully saturated rings. The smallest absolute Gasteiger partial charge is 0.309 e. The maximum Gasteiger partial charge on any atom is 0.309 e. The number of ketones is 2. The van der Waals surface area contributed by atoms with E-state index in [1.807, 2.05) is 19.9 Å². The molecule has 0 unspecified atom stereocenters. The normalized spacial score (nSPS) is 32.6. The highest BCUT2D eigenvalue weighted by molar-refractivity contribution is 6.52. The van der Waals surface area contributed by atoms with Gasteiger partial charge < -0.3 is 10.2 Å². The molecule has 1 aromatic rings. The molecule has 3 aliphatic rings. The monoisotopic (exact) mass is 436 g/mol. The fourth-order valence-electron chi connectivity index (χ4n) is 6.85. The summed E-state index contributed by atoms with van der Waals surface area (Å²) in [6, 6.07) is 3.59. The van der Waals surface area contributed by atoms with E-state index in [1.54, 1.807) is 6.07 Å². The maximum absolute atomic E-state index is 13.0. The maximum atomic E-state index is 13.0. The number of Topliss-reactive ketones (excluding diaryl/α,β-unsaturated/α-hetero) is 2. The largest absolute Gasteiger partial charge is 0.507 e. The second kappa shape index (κ2) is 7.43. The molecule has 32 heavy (non-hydrogen) atoms. The highest BCUT2D eigenvalue weighted by atomic mass is 16.4. The quantitative estimate of drug-likeness (QED) is 0.485. The summed E-state index contributed by atoms with van der Waals surface area (Å²) < 4.78 is 0. The predicted octanol–water partition coefficient (Wildman–Crippen LogP) is 5.46. The van der Waals surface area contributed by atoms with Gasteiger partial charge in [-0.3, -0.25) is 14.4 Å². The number of allylic oxidation sites excluding steroid dienone is 2. The molecule has 5 nitrogen and oxygen atoms in total. The molecule has 0 aliphatic heterocycles. The number of carbonyl (C=O) groups is 3. The van der Waals surface area contributed by atoms with Gasteiger partial charge in [0.15, 0.2) is 0 Å². The van der Waals surface area contributed by atoms with E-state index < -0.39 is 23.0 Å². The second-order valence-electron chi connectivity index (χ2n) is 10.5. The fraction of sp³-hybridized carbons (Fsp3) is 0.519. The van der Waals surface area contributed by atoms with Crippen molar-refractivity contribution in [2.45, 2.75) is 66.2 Å². The summed E-state index contributed by atoms with van der Waals surface area (Å²) in [5.41, 5.74) is 2.51. The minimum atomic E-state index is -0.777. The number of carbonyl (C=O) groups excluding carboxylic acids is 2. The van der Waals surface area contributed by atoms with E-state index in [0.717, 1.165) is 42.4 Å². The molecule has 0 amide bonds. The second-order valence-corrected chi connectivity index (χ2v) is 10.5. The van der Waals surface area contributed by atoms with Gasteiger partial charge in [0, 0.05) is 16.7 Å². The van der Waals surface area contributed by atoms with Crippen molar-refractivity contribution in [2.24, 2.45) is 22.7 Å². The third-order valence-corrected chi connectivity index (χ3v) is 8.85. The standard InChI is InChI=1S/C27H32O5/c1-14-7-9-17-21(24(30)23(29)16(3)22(17)28)18(14)13-19-15(2)8-10-20-26(19,4)11-6-12-27(20,5)25(31)32/h7,9,19-20,28H,2,6,8,10-13H2,1,3-5H3,(H,31,32)/t19-,20+,26+,27+/m1/s1. The van der Waals surface area contributed by atoms with Gasteiger partial charge >= 0.3 is 5.97 Å². The van der Waals surface area contributed by atoms with Gasteiger partial charge in [0.25, 0.3) is 0 Å². The molecule has 3 aliphatic carbocycles. The zero-order valence-corrected chi connectivity index (χ0v) is 19.4. The van der Waals surface area contributed by atoms with Gasteiger partial charge in [-0.2, -0.15) is 0 Å². The van der Waals surface area contributed by atoms with Crippen molar-refractivity contribution in [1.82, 2.24) is 0 Å². The Morgan fingerprint density at radius 2 is 1.84 bits per heavy atom. The summed E-state index contributed by atoms with van der Waals surface area (Å²) in [4.78, 5) is 37.8. The Bertz CT molecular complexity index is 1090. The highest BCUT2D eigenvalue weighted by Gasteiger charge is 2.57. The van der Waals surface area contributed by atoms with E-state index in [-0.39, 0.29) is 28.6 Å². The Morgan fingerprint density at radius 3 is 2.50 bits per heavy atom. The highest BCUT2D eigenvalue weighted by Crippen LogP contribution is 2.61. The van der Waals surface area contributed by atoms with Gasteiger partial charge in [-0.15, -0.1) is 0 Å². The van der Waals surface area contributed by atoms with Gasteiger partial charge in [0.05, 0.1) is 5.41 Å². The van der Waals surface area contributed by atoms with Crippen LogP contribution >= 0.6 is 0 Å². The lowest BCUT2D eigenvalue weighted by molar-refractivity contribution is -0.164. The Morgan fingerprint density at radius 1 is 1.16 bits per heavy atom. The van der Waals surface area contributed by atoms with Crippen LogP contribution in [0, 0.1) is 29.6 Å². The zero-order valence-electron chi connectivity index (χ0n) is 19.4. The zero-order chi connectivity index (χ0) is 23.6. The summed E-state index contributed by atoms with van der Waals surface area (Å²) in [5, 5.41) is 20.7. The van der Waals surface area contributed by atoms with Gasteiger partial charge in [-0.25, -0.2) is 0 Å². The first-order valence-corrected chi connectivity index (χ1v) is 11.5. The molecule has 0 spiro atoms. The van der Waals surface area contributed by atoms with Crippen molar-refractivity contribution in [2.75, 3.05) is 0 Å². The van der Waals surface area contributed by atoms with Crippen LogP contribution in [-0.4, -0.2) is 27.7 Å². The van der Waals surface area contributed by atoms with Crippen LogP contribution in [0.5, 0.6) is 0 Å². The summed E-state index contributed by atoms with van der Waals surface area (Å²) in [7, 11) is 0. The number of carboxylic acid groups (broad SMARTS) is 1. The van der Waals surface area contributed by atoms with Crippen molar-refractivity contribution >= 4 is 23.3 Å². The van der Waals surface area contributed by atoms with Crippen LogP contribution in [0.25, 0.3) is 5.76 Å². The van der Waals surface area contributed by atoms with Crippen LogP contribution in [0.3, 0.4) is 0 Å². The Balaban J connectivity index is 1.83. The van der Waals surface area contributed by atoms with E-state index >= 15 is 0 Å². The van der Waals surface area contributed by atoms with Crippen molar-refractivity contribution in [3.8, 4) is 0 Å². The summed E-state index contributed by atoms with van der Waals surface area (Å²) >= 11 is 0. The molecule has 4 atom stereocenters. The number of hydrogen-bond donors (Lipinski definition) is 2. The Labute approximate surface area is 189 Å². The first-order valence-electron chi connectivity index (χ1n) is 11.5. The number of benzene rings is 1. The number of aryl methyl sites for hydroxylation is 1. The van der Waals surface area contributed by atoms with Crippen LogP contribution in [-0.2, 0) is 16.0 Å². The minimum Gasteiger partial charge on any atom is -0.507 e. The molecule has 0 saturated heterocycles. The molecule has 170 valence electrons. The lowest BCUT2D eigenvalue weighted by atomic mass is 9.46. The van der Waals surface area contributed by atoms with E-state index in [9.17, 15) is 24.6 Å². The molecule has 0 bridgehead atoms. The number of rotatable bonds is 3. The van der Waals surface area contributed by atoms with Gasteiger partial charge in [0.2, 0.25) is 11.6 Å². The molecule has 0 aromatic heterocycles. The lowest BCUT2D eigenvalue weighted by Gasteiger charge is -2.57. The van der Waals surface area contributed by atoms with E-state index in [4.69, 9.17) is 0 Å². The molecule has 5 heteroatoms. The van der Waals surface area contributed by atoms with E-state index in [0.29, 0.717) is 24.0 Å². The number of carboxylic acids is 1. The molecule has 2 saturated carbocycles. The minimum absolute atomic E-state index is 0.00229. The van der Waals surface area contributed by atoms with E-state index in [2.05, 4.69) is 13.5 Å². The third-order valence-electron chi connectivity index (χ3n) is 8.85. The number of fused-ring (bicyclic) bond motifs is 2. The van der Waals surface area contributed by atoms with Crippen LogP contribution in [0.1, 0.15) is 79.9 Å². The average Bonchev–Trinajstić information content (AvgIpc) is 2.73. The van der Waals surface area contributed by atoms with Crippen LogP contribution in [0.15, 0.2) is 29.9 Å². The van der Waals surface area contributed by atoms with Crippen molar-refractivity contribution in [1.29, 1.82) is 0 Å². The molecular weight excluding hydrogens is 404 g/mol. The number of hydrogen-bond acceptors (Lipinski definition) is 4. The molecule has 0 heterocycles. The van der Waals surface area contributed by atoms with Gasteiger partial charge in [-0.1, -0.05) is 37.6 Å². The fourth-order valence-corrected chi connectivity index (χ4v) is 6.85. The van der Waals surface area contributed by atoms with Crippen molar-refractivity contribution in [3.05, 3.63) is 52.1 Å².